The molecule has 0 radical (unpaired) electrons. The Morgan fingerprint density at radius 2 is 2.00 bits per heavy atom. The predicted octanol–water partition coefficient (Wildman–Crippen LogP) is 1.31. The Hall–Kier alpha value is 0.350. The highest BCUT2D eigenvalue weighted by atomic mass is 79.9. The van der Waals surface area contributed by atoms with Crippen LogP contribution in [0.15, 0.2) is 0 Å². The van der Waals surface area contributed by atoms with Crippen LogP contribution in [-0.2, 0) is 14.8 Å². The molecule has 15 heavy (non-hydrogen) atoms. The maximum absolute atomic E-state index is 11.9. The Morgan fingerprint density at radius 3 is 2.60 bits per heavy atom. The monoisotopic (exact) mass is 297 g/mol. The van der Waals surface area contributed by atoms with Crippen molar-refractivity contribution in [2.45, 2.75) is 31.2 Å². The average Bonchev–Trinajstić information content (AvgIpc) is 2.67. The van der Waals surface area contributed by atoms with Crippen LogP contribution in [0.2, 0.25) is 0 Å². The van der Waals surface area contributed by atoms with Crippen molar-refractivity contribution < 1.29 is 13.2 Å². The molecule has 0 N–H and O–H groups in total. The van der Waals surface area contributed by atoms with Crippen LogP contribution in [0.3, 0.4) is 0 Å². The maximum atomic E-state index is 11.9. The SMILES string of the molecule is O=S(=O)(CBr)N1CCOCC12CCCC2. The van der Waals surface area contributed by atoms with Gasteiger partial charge in [0.2, 0.25) is 10.0 Å². The lowest BCUT2D eigenvalue weighted by Crippen LogP contribution is -2.57. The van der Waals surface area contributed by atoms with Gasteiger partial charge < -0.3 is 4.74 Å². The highest BCUT2D eigenvalue weighted by Crippen LogP contribution is 2.39. The predicted molar refractivity (Wildman–Crippen MR) is 61.4 cm³/mol. The first-order valence-electron chi connectivity index (χ1n) is 5.25. The molecule has 4 nitrogen and oxygen atoms in total. The third-order valence-electron chi connectivity index (χ3n) is 3.35. The maximum Gasteiger partial charge on any atom is 0.224 e. The minimum absolute atomic E-state index is 0.0156. The van der Waals surface area contributed by atoms with Gasteiger partial charge >= 0.3 is 0 Å². The van der Waals surface area contributed by atoms with E-state index in [0.717, 1.165) is 25.7 Å². The standard InChI is InChI=1S/C9H16BrNO3S/c10-8-15(12,13)11-5-6-14-7-9(11)3-1-2-4-9/h1-8H2. The second-order valence-corrected chi connectivity index (χ2v) is 7.47. The Balaban J connectivity index is 2.27. The van der Waals surface area contributed by atoms with Crippen LogP contribution >= 0.6 is 15.9 Å². The summed E-state index contributed by atoms with van der Waals surface area (Å²) in [7, 11) is -3.14. The van der Waals surface area contributed by atoms with Crippen LogP contribution in [0.25, 0.3) is 0 Å². The Kier molecular flexibility index (Phi) is 3.40. The fraction of sp³-hybridized carbons (Fsp3) is 1.00. The molecule has 0 atom stereocenters. The molecular weight excluding hydrogens is 282 g/mol. The summed E-state index contributed by atoms with van der Waals surface area (Å²) in [6.07, 6.45) is 4.10. The van der Waals surface area contributed by atoms with Crippen molar-refractivity contribution in [3.05, 3.63) is 0 Å². The van der Waals surface area contributed by atoms with E-state index in [1.807, 2.05) is 0 Å². The van der Waals surface area contributed by atoms with Gasteiger partial charge in [-0.3, -0.25) is 0 Å². The smallest absolute Gasteiger partial charge is 0.224 e. The van der Waals surface area contributed by atoms with Crippen molar-refractivity contribution in [3.63, 3.8) is 0 Å². The lowest BCUT2D eigenvalue weighted by molar-refractivity contribution is -0.0223. The van der Waals surface area contributed by atoms with E-state index in [4.69, 9.17) is 4.74 Å². The normalized spacial score (nSPS) is 27.3. The van der Waals surface area contributed by atoms with Crippen LogP contribution in [0.1, 0.15) is 25.7 Å². The van der Waals surface area contributed by atoms with Gasteiger partial charge in [-0.05, 0) is 12.8 Å². The first-order valence-corrected chi connectivity index (χ1v) is 7.98. The minimum Gasteiger partial charge on any atom is -0.378 e. The summed E-state index contributed by atoms with van der Waals surface area (Å²) in [5.41, 5.74) is -0.231. The van der Waals surface area contributed by atoms with Crippen LogP contribution in [-0.4, -0.2) is 42.7 Å². The van der Waals surface area contributed by atoms with E-state index in [-0.39, 0.29) is 10.2 Å². The summed E-state index contributed by atoms with van der Waals surface area (Å²) in [6, 6.07) is 0. The number of rotatable bonds is 2. The van der Waals surface area contributed by atoms with Crippen molar-refractivity contribution in [3.8, 4) is 0 Å². The van der Waals surface area contributed by atoms with Crippen molar-refractivity contribution in [1.82, 2.24) is 4.31 Å². The third-order valence-corrected chi connectivity index (χ3v) is 6.60. The number of nitrogens with zero attached hydrogens (tertiary/aromatic N) is 1. The molecule has 1 spiro atoms. The molecule has 6 heteroatoms. The van der Waals surface area contributed by atoms with Crippen molar-refractivity contribution >= 4 is 26.0 Å². The lowest BCUT2D eigenvalue weighted by Gasteiger charge is -2.43. The molecule has 0 aromatic heterocycles. The van der Waals surface area contributed by atoms with Crippen LogP contribution in [0.5, 0.6) is 0 Å². The summed E-state index contributed by atoms with van der Waals surface area (Å²) in [5.74, 6) is 0. The quantitative estimate of drug-likeness (QED) is 0.722. The number of ether oxygens (including phenoxy) is 1. The van der Waals surface area contributed by atoms with Gasteiger partial charge in [-0.1, -0.05) is 28.8 Å². The number of morpholine rings is 1. The molecule has 0 aromatic rings. The van der Waals surface area contributed by atoms with E-state index >= 15 is 0 Å². The molecule has 2 aliphatic rings. The summed E-state index contributed by atoms with van der Waals surface area (Å²) < 4.78 is 31.0. The van der Waals surface area contributed by atoms with Crippen LogP contribution in [0, 0.1) is 0 Å². The van der Waals surface area contributed by atoms with Gasteiger partial charge in [0.05, 0.1) is 18.8 Å². The molecule has 2 fully saturated rings. The molecule has 1 aliphatic carbocycles. The zero-order valence-electron chi connectivity index (χ0n) is 8.62. The van der Waals surface area contributed by atoms with Crippen molar-refractivity contribution in [1.29, 1.82) is 0 Å². The second kappa shape index (κ2) is 4.31. The van der Waals surface area contributed by atoms with E-state index < -0.39 is 10.0 Å². The molecule has 1 heterocycles. The van der Waals surface area contributed by atoms with E-state index in [2.05, 4.69) is 15.9 Å². The third kappa shape index (κ3) is 2.09. The zero-order chi connectivity index (χ0) is 10.9. The Bertz CT molecular complexity index is 324. The van der Waals surface area contributed by atoms with Crippen LogP contribution in [0.4, 0.5) is 0 Å². The number of halogens is 1. The van der Waals surface area contributed by atoms with Crippen molar-refractivity contribution in [2.24, 2.45) is 0 Å². The summed E-state index contributed by atoms with van der Waals surface area (Å²) in [4.78, 5) is 0. The van der Waals surface area contributed by atoms with Gasteiger partial charge in [0, 0.05) is 6.54 Å². The Labute approximate surface area is 99.1 Å². The Morgan fingerprint density at radius 1 is 1.33 bits per heavy atom. The number of hydrogen-bond acceptors (Lipinski definition) is 3. The molecule has 1 aliphatic heterocycles. The molecular formula is C9H16BrNO3S. The van der Waals surface area contributed by atoms with E-state index in [0.29, 0.717) is 19.8 Å². The van der Waals surface area contributed by atoms with E-state index in [1.165, 1.54) is 0 Å². The highest BCUT2D eigenvalue weighted by Gasteiger charge is 2.47. The first-order chi connectivity index (χ1) is 7.11. The fourth-order valence-corrected chi connectivity index (χ4v) is 4.68. The van der Waals surface area contributed by atoms with E-state index in [1.54, 1.807) is 4.31 Å². The number of alkyl halides is 1. The van der Waals surface area contributed by atoms with Crippen LogP contribution < -0.4 is 0 Å². The topological polar surface area (TPSA) is 46.6 Å². The lowest BCUT2D eigenvalue weighted by atomic mass is 9.98. The van der Waals surface area contributed by atoms with Gasteiger partial charge in [-0.25, -0.2) is 8.42 Å². The molecule has 88 valence electrons. The molecule has 1 saturated carbocycles. The summed E-state index contributed by atoms with van der Waals surface area (Å²) in [5, 5.41) is 0. The number of hydrogen-bond donors (Lipinski definition) is 0. The molecule has 0 unspecified atom stereocenters. The van der Waals surface area contributed by atoms with Gasteiger partial charge in [0.1, 0.15) is 4.66 Å². The van der Waals surface area contributed by atoms with Gasteiger partial charge in [-0.15, -0.1) is 0 Å². The largest absolute Gasteiger partial charge is 0.378 e. The summed E-state index contributed by atoms with van der Waals surface area (Å²) in [6.45, 7) is 1.60. The molecule has 2 rings (SSSR count). The first kappa shape index (κ1) is 11.8. The van der Waals surface area contributed by atoms with Gasteiger partial charge in [0.25, 0.3) is 0 Å². The van der Waals surface area contributed by atoms with Gasteiger partial charge in [-0.2, -0.15) is 4.31 Å². The molecule has 1 saturated heterocycles. The molecule has 0 aromatic carbocycles. The summed E-state index contributed by atoms with van der Waals surface area (Å²) >= 11 is 3.07. The molecule has 0 bridgehead atoms. The average molecular weight is 298 g/mol. The minimum atomic E-state index is -3.14. The molecule has 0 amide bonds. The highest BCUT2D eigenvalue weighted by molar-refractivity contribution is 9.10. The fourth-order valence-electron chi connectivity index (χ4n) is 2.64. The van der Waals surface area contributed by atoms with Gasteiger partial charge in [0.15, 0.2) is 0 Å². The second-order valence-electron chi connectivity index (χ2n) is 4.28. The zero-order valence-corrected chi connectivity index (χ0v) is 11.0. The van der Waals surface area contributed by atoms with Crippen molar-refractivity contribution in [2.75, 3.05) is 24.4 Å². The number of sulfonamides is 1. The van der Waals surface area contributed by atoms with E-state index in [9.17, 15) is 8.42 Å².